The summed E-state index contributed by atoms with van der Waals surface area (Å²) in [6.45, 7) is 0. The Kier molecular flexibility index (Phi) is 3.21. The second-order valence-electron chi connectivity index (χ2n) is 5.72. The minimum atomic E-state index is -4.43. The van der Waals surface area contributed by atoms with E-state index in [1.54, 1.807) is 5.01 Å². The smallest absolute Gasteiger partial charge is 0.416 e. The number of aryl methyl sites for hydroxylation is 1. The van der Waals surface area contributed by atoms with E-state index in [1.807, 2.05) is 24.3 Å². The molecule has 2 N–H and O–H groups in total. The van der Waals surface area contributed by atoms with Gasteiger partial charge in [-0.25, -0.2) is 5.01 Å². The second-order valence-corrected chi connectivity index (χ2v) is 5.72. The number of aliphatic hydroxyl groups excluding tert-OH is 1. The third kappa shape index (κ3) is 2.28. The third-order valence-corrected chi connectivity index (χ3v) is 4.24. The number of nitrogens with one attached hydrogen (secondary N) is 1. The Morgan fingerprint density at radius 3 is 2.54 bits per heavy atom. The zero-order valence-corrected chi connectivity index (χ0v) is 12.5. The SMILES string of the molecule is OC1=C2CCc3ccccc3N2NN1c1cccc(C(F)(F)F)c1. The molecule has 7 heteroatoms. The molecule has 0 fully saturated rings. The summed E-state index contributed by atoms with van der Waals surface area (Å²) in [7, 11) is 0. The van der Waals surface area contributed by atoms with Crippen LogP contribution in [0.2, 0.25) is 0 Å². The minimum absolute atomic E-state index is 0.0798. The van der Waals surface area contributed by atoms with Crippen molar-refractivity contribution in [2.45, 2.75) is 19.0 Å². The molecule has 4 nitrogen and oxygen atoms in total. The summed E-state index contributed by atoms with van der Waals surface area (Å²) in [5.74, 6) is -0.0798. The molecule has 2 aromatic carbocycles. The first-order chi connectivity index (χ1) is 11.4. The van der Waals surface area contributed by atoms with Crippen LogP contribution in [-0.4, -0.2) is 5.11 Å². The van der Waals surface area contributed by atoms with Gasteiger partial charge in [-0.1, -0.05) is 24.3 Å². The maximum absolute atomic E-state index is 12.9. The summed E-state index contributed by atoms with van der Waals surface area (Å²) in [6.07, 6.45) is -3.06. The van der Waals surface area contributed by atoms with Crippen LogP contribution in [0, 0.1) is 0 Å². The number of hydrazine groups is 2. The number of rotatable bonds is 1. The Hall–Kier alpha value is -2.67. The van der Waals surface area contributed by atoms with E-state index in [0.29, 0.717) is 12.1 Å². The van der Waals surface area contributed by atoms with Crippen LogP contribution < -0.4 is 15.6 Å². The molecule has 24 heavy (non-hydrogen) atoms. The van der Waals surface area contributed by atoms with Gasteiger partial charge in [0.2, 0.25) is 5.88 Å². The molecule has 124 valence electrons. The Balaban J connectivity index is 1.72. The number of benzene rings is 2. The van der Waals surface area contributed by atoms with Crippen molar-refractivity contribution >= 4 is 11.4 Å². The highest BCUT2D eigenvalue weighted by Crippen LogP contribution is 2.38. The molecular weight excluding hydrogens is 319 g/mol. The number of alkyl halides is 3. The average molecular weight is 333 g/mol. The molecule has 2 aliphatic heterocycles. The molecule has 0 atom stereocenters. The van der Waals surface area contributed by atoms with Crippen LogP contribution in [0.1, 0.15) is 17.5 Å². The highest BCUT2D eigenvalue weighted by molar-refractivity contribution is 5.66. The quantitative estimate of drug-likeness (QED) is 0.823. The van der Waals surface area contributed by atoms with Crippen LogP contribution in [0.25, 0.3) is 0 Å². The lowest BCUT2D eigenvalue weighted by atomic mass is 10.0. The number of hydrogen-bond donors (Lipinski definition) is 2. The fourth-order valence-electron chi connectivity index (χ4n) is 3.05. The van der Waals surface area contributed by atoms with Gasteiger partial charge in [-0.3, -0.25) is 5.01 Å². The lowest BCUT2D eigenvalue weighted by Crippen LogP contribution is -2.43. The molecule has 0 aromatic heterocycles. The van der Waals surface area contributed by atoms with Crippen LogP contribution in [0.4, 0.5) is 24.5 Å². The number of anilines is 2. The van der Waals surface area contributed by atoms with Gasteiger partial charge in [0.15, 0.2) is 0 Å². The van der Waals surface area contributed by atoms with E-state index in [2.05, 4.69) is 5.53 Å². The second kappa shape index (κ2) is 5.17. The van der Waals surface area contributed by atoms with Gasteiger partial charge in [-0.05, 0) is 42.7 Å². The fraction of sp³-hybridized carbons (Fsp3) is 0.176. The summed E-state index contributed by atoms with van der Waals surface area (Å²) in [4.78, 5) is 0. The molecule has 2 heterocycles. The van der Waals surface area contributed by atoms with Crippen LogP contribution in [0.5, 0.6) is 0 Å². The van der Waals surface area contributed by atoms with Crippen LogP contribution in [-0.2, 0) is 12.6 Å². The van der Waals surface area contributed by atoms with Crippen molar-refractivity contribution in [3.05, 3.63) is 71.2 Å². The fourth-order valence-corrected chi connectivity index (χ4v) is 3.05. The van der Waals surface area contributed by atoms with Crippen molar-refractivity contribution in [3.8, 4) is 0 Å². The molecule has 0 bridgehead atoms. The molecule has 0 aliphatic carbocycles. The highest BCUT2D eigenvalue weighted by atomic mass is 19.4. The van der Waals surface area contributed by atoms with E-state index >= 15 is 0 Å². The molecule has 0 radical (unpaired) electrons. The summed E-state index contributed by atoms with van der Waals surface area (Å²) in [5.41, 5.74) is 5.08. The van der Waals surface area contributed by atoms with E-state index in [9.17, 15) is 18.3 Å². The standard InChI is InChI=1S/C17H14F3N3O/c18-17(19,20)12-5-3-6-13(10-12)22-16(24)15-9-8-11-4-1-2-7-14(11)23(15)21-22/h1-7,10,21,24H,8-9H2. The van der Waals surface area contributed by atoms with E-state index in [0.717, 1.165) is 29.8 Å². The number of allylic oxidation sites excluding steroid dienone is 1. The lowest BCUT2D eigenvalue weighted by molar-refractivity contribution is -0.137. The molecule has 0 saturated carbocycles. The third-order valence-electron chi connectivity index (χ3n) is 4.24. The molecule has 4 rings (SSSR count). The number of nitrogens with zero attached hydrogens (tertiary/aromatic N) is 2. The maximum atomic E-state index is 12.9. The highest BCUT2D eigenvalue weighted by Gasteiger charge is 2.36. The number of fused-ring (bicyclic) bond motifs is 3. The molecular formula is C17H14F3N3O. The first-order valence-corrected chi connectivity index (χ1v) is 7.49. The Labute approximate surface area is 136 Å². The molecule has 0 amide bonds. The Bertz CT molecular complexity index is 832. The first-order valence-electron chi connectivity index (χ1n) is 7.49. The van der Waals surface area contributed by atoms with Crippen molar-refractivity contribution < 1.29 is 18.3 Å². The Morgan fingerprint density at radius 2 is 1.75 bits per heavy atom. The van der Waals surface area contributed by atoms with Gasteiger partial charge in [0.25, 0.3) is 0 Å². The summed E-state index contributed by atoms with van der Waals surface area (Å²) < 4.78 is 38.8. The van der Waals surface area contributed by atoms with Gasteiger partial charge >= 0.3 is 6.18 Å². The molecule has 2 aromatic rings. The monoisotopic (exact) mass is 333 g/mol. The van der Waals surface area contributed by atoms with Crippen molar-refractivity contribution in [2.24, 2.45) is 0 Å². The predicted molar refractivity (Wildman–Crippen MR) is 84.0 cm³/mol. The molecule has 0 spiro atoms. The lowest BCUT2D eigenvalue weighted by Gasteiger charge is -2.29. The zero-order valence-electron chi connectivity index (χ0n) is 12.5. The topological polar surface area (TPSA) is 38.7 Å². The van der Waals surface area contributed by atoms with Gasteiger partial charge in [-0.15, -0.1) is 5.53 Å². The van der Waals surface area contributed by atoms with E-state index in [-0.39, 0.29) is 11.6 Å². The van der Waals surface area contributed by atoms with Gasteiger partial charge < -0.3 is 5.11 Å². The van der Waals surface area contributed by atoms with Crippen LogP contribution in [0.15, 0.2) is 60.1 Å². The van der Waals surface area contributed by atoms with E-state index < -0.39 is 11.7 Å². The van der Waals surface area contributed by atoms with Crippen molar-refractivity contribution in [3.63, 3.8) is 0 Å². The van der Waals surface area contributed by atoms with E-state index in [4.69, 9.17) is 0 Å². The van der Waals surface area contributed by atoms with Gasteiger partial charge in [0, 0.05) is 0 Å². The van der Waals surface area contributed by atoms with Gasteiger partial charge in [-0.2, -0.15) is 13.2 Å². The molecule has 0 unspecified atom stereocenters. The normalized spacial score (nSPS) is 17.1. The zero-order chi connectivity index (χ0) is 16.9. The van der Waals surface area contributed by atoms with Crippen LogP contribution >= 0.6 is 0 Å². The van der Waals surface area contributed by atoms with Gasteiger partial charge in [0.1, 0.15) is 0 Å². The summed E-state index contributed by atoms with van der Waals surface area (Å²) in [5, 5.41) is 13.5. The number of para-hydroxylation sites is 1. The largest absolute Gasteiger partial charge is 0.492 e. The van der Waals surface area contributed by atoms with Crippen LogP contribution in [0.3, 0.4) is 0 Å². The average Bonchev–Trinajstić information content (AvgIpc) is 2.92. The first kappa shape index (κ1) is 14.9. The predicted octanol–water partition coefficient (Wildman–Crippen LogP) is 4.12. The van der Waals surface area contributed by atoms with Crippen molar-refractivity contribution in [1.29, 1.82) is 0 Å². The number of hydrogen-bond acceptors (Lipinski definition) is 4. The molecule has 2 aliphatic rings. The summed E-state index contributed by atoms with van der Waals surface area (Å²) >= 11 is 0. The van der Waals surface area contributed by atoms with Gasteiger partial charge in [0.05, 0.1) is 22.6 Å². The van der Waals surface area contributed by atoms with Crippen molar-refractivity contribution in [2.75, 3.05) is 10.0 Å². The molecule has 0 saturated heterocycles. The van der Waals surface area contributed by atoms with Crippen molar-refractivity contribution in [1.82, 2.24) is 5.53 Å². The Morgan fingerprint density at radius 1 is 0.958 bits per heavy atom. The number of halogens is 3. The maximum Gasteiger partial charge on any atom is 0.416 e. The summed E-state index contributed by atoms with van der Waals surface area (Å²) in [6, 6.07) is 12.6. The van der Waals surface area contributed by atoms with E-state index in [1.165, 1.54) is 17.1 Å². The minimum Gasteiger partial charge on any atom is -0.492 e. The number of aliphatic hydroxyl groups is 1.